The van der Waals surface area contributed by atoms with Crippen LogP contribution in [0, 0.1) is 5.92 Å². The van der Waals surface area contributed by atoms with Gasteiger partial charge in [0.05, 0.1) is 10.2 Å². The Balaban J connectivity index is 2.20. The Morgan fingerprint density at radius 1 is 1.38 bits per heavy atom. The van der Waals surface area contributed by atoms with Gasteiger partial charge in [0, 0.05) is 12.6 Å². The monoisotopic (exact) mass is 235 g/mol. The van der Waals surface area contributed by atoms with Gasteiger partial charge in [0.15, 0.2) is 5.13 Å². The van der Waals surface area contributed by atoms with Gasteiger partial charge in [-0.25, -0.2) is 4.98 Å². The van der Waals surface area contributed by atoms with Crippen LogP contribution in [0.1, 0.15) is 13.8 Å². The van der Waals surface area contributed by atoms with Crippen LogP contribution in [0.4, 0.5) is 5.13 Å². The molecule has 1 heterocycles. The molecular formula is C12H17N3S. The van der Waals surface area contributed by atoms with Gasteiger partial charge in [0.1, 0.15) is 0 Å². The number of benzene rings is 1. The number of thiazole rings is 1. The highest BCUT2D eigenvalue weighted by atomic mass is 32.1. The van der Waals surface area contributed by atoms with Crippen LogP contribution in [0.5, 0.6) is 0 Å². The molecule has 0 spiro atoms. The van der Waals surface area contributed by atoms with E-state index in [2.05, 4.69) is 30.2 Å². The van der Waals surface area contributed by atoms with Crippen molar-refractivity contribution < 1.29 is 0 Å². The summed E-state index contributed by atoms with van der Waals surface area (Å²) < 4.78 is 1.21. The number of rotatable bonds is 4. The Morgan fingerprint density at radius 2 is 2.12 bits per heavy atom. The van der Waals surface area contributed by atoms with Crippen LogP contribution >= 0.6 is 11.3 Å². The minimum absolute atomic E-state index is 0.292. The smallest absolute Gasteiger partial charge is 0.184 e. The molecule has 1 aromatic heterocycles. The van der Waals surface area contributed by atoms with E-state index in [-0.39, 0.29) is 0 Å². The minimum Gasteiger partial charge on any atom is -0.357 e. The second-order valence-corrected chi connectivity index (χ2v) is 5.25. The zero-order chi connectivity index (χ0) is 11.5. The summed E-state index contributed by atoms with van der Waals surface area (Å²) in [5, 5.41) is 4.36. The molecule has 0 aliphatic heterocycles. The third-order valence-electron chi connectivity index (χ3n) is 2.66. The second kappa shape index (κ2) is 4.80. The molecule has 4 heteroatoms. The zero-order valence-corrected chi connectivity index (χ0v) is 10.4. The molecule has 86 valence electrons. The Hall–Kier alpha value is -1.13. The van der Waals surface area contributed by atoms with E-state index in [1.807, 2.05) is 18.2 Å². The lowest BCUT2D eigenvalue weighted by atomic mass is 10.1. The maximum Gasteiger partial charge on any atom is 0.184 e. The molecule has 1 aromatic carbocycles. The fourth-order valence-electron chi connectivity index (χ4n) is 1.59. The molecule has 0 aliphatic rings. The van der Waals surface area contributed by atoms with Gasteiger partial charge in [-0.2, -0.15) is 0 Å². The number of nitrogens with zero attached hydrogens (tertiary/aromatic N) is 1. The first-order chi connectivity index (χ1) is 7.70. The standard InChI is InChI=1S/C12H17N3S/c1-8(2)10(7-13)15-12-14-9-5-3-4-6-11(9)16-12/h3-6,8,10H,7,13H2,1-2H3,(H,14,15). The Labute approximate surface area is 99.7 Å². The van der Waals surface area contributed by atoms with E-state index in [1.54, 1.807) is 11.3 Å². The van der Waals surface area contributed by atoms with Gasteiger partial charge in [0.2, 0.25) is 0 Å². The molecule has 2 aromatic rings. The summed E-state index contributed by atoms with van der Waals surface area (Å²) in [5.41, 5.74) is 6.78. The van der Waals surface area contributed by atoms with Crippen LogP contribution in [0.3, 0.4) is 0 Å². The second-order valence-electron chi connectivity index (χ2n) is 4.22. The number of anilines is 1. The largest absolute Gasteiger partial charge is 0.357 e. The van der Waals surface area contributed by atoms with Gasteiger partial charge < -0.3 is 11.1 Å². The van der Waals surface area contributed by atoms with Crippen molar-refractivity contribution in [1.29, 1.82) is 0 Å². The number of aromatic nitrogens is 1. The summed E-state index contributed by atoms with van der Waals surface area (Å²) >= 11 is 1.68. The summed E-state index contributed by atoms with van der Waals surface area (Å²) in [7, 11) is 0. The molecule has 1 unspecified atom stereocenters. The first kappa shape index (κ1) is 11.4. The highest BCUT2D eigenvalue weighted by Gasteiger charge is 2.13. The van der Waals surface area contributed by atoms with Crippen molar-refractivity contribution in [2.24, 2.45) is 11.7 Å². The SMILES string of the molecule is CC(C)C(CN)Nc1nc2ccccc2s1. The summed E-state index contributed by atoms with van der Waals surface area (Å²) in [4.78, 5) is 4.53. The Morgan fingerprint density at radius 3 is 2.75 bits per heavy atom. The average Bonchev–Trinajstić information content (AvgIpc) is 2.67. The fourth-order valence-corrected chi connectivity index (χ4v) is 2.52. The van der Waals surface area contributed by atoms with Crippen molar-refractivity contribution in [1.82, 2.24) is 4.98 Å². The quantitative estimate of drug-likeness (QED) is 0.856. The van der Waals surface area contributed by atoms with Crippen molar-refractivity contribution in [2.75, 3.05) is 11.9 Å². The molecule has 0 saturated carbocycles. The molecule has 16 heavy (non-hydrogen) atoms. The zero-order valence-electron chi connectivity index (χ0n) is 9.60. The van der Waals surface area contributed by atoms with Gasteiger partial charge in [-0.05, 0) is 18.1 Å². The molecule has 0 radical (unpaired) electrons. The Bertz CT molecular complexity index is 431. The summed E-state index contributed by atoms with van der Waals surface area (Å²) in [6.45, 7) is 4.96. The molecule has 0 fully saturated rings. The highest BCUT2D eigenvalue weighted by Crippen LogP contribution is 2.26. The van der Waals surface area contributed by atoms with Crippen LogP contribution in [0.25, 0.3) is 10.2 Å². The molecule has 1 atom stereocenters. The van der Waals surface area contributed by atoms with Crippen molar-refractivity contribution in [3.05, 3.63) is 24.3 Å². The number of hydrogen-bond acceptors (Lipinski definition) is 4. The molecular weight excluding hydrogens is 218 g/mol. The first-order valence-corrected chi connectivity index (χ1v) is 6.34. The topological polar surface area (TPSA) is 50.9 Å². The molecule has 0 saturated heterocycles. The van der Waals surface area contributed by atoms with Gasteiger partial charge in [0.25, 0.3) is 0 Å². The number of fused-ring (bicyclic) bond motifs is 1. The number of hydrogen-bond donors (Lipinski definition) is 2. The van der Waals surface area contributed by atoms with Crippen LogP contribution in [0.2, 0.25) is 0 Å². The van der Waals surface area contributed by atoms with E-state index in [0.29, 0.717) is 18.5 Å². The normalized spacial score (nSPS) is 13.2. The van der Waals surface area contributed by atoms with E-state index < -0.39 is 0 Å². The van der Waals surface area contributed by atoms with Crippen molar-refractivity contribution in [3.63, 3.8) is 0 Å². The summed E-state index contributed by atoms with van der Waals surface area (Å²) in [5.74, 6) is 0.511. The van der Waals surface area contributed by atoms with E-state index in [1.165, 1.54) is 4.70 Å². The number of nitrogens with two attached hydrogens (primary N) is 1. The van der Waals surface area contributed by atoms with Crippen LogP contribution in [-0.4, -0.2) is 17.6 Å². The third-order valence-corrected chi connectivity index (χ3v) is 3.63. The summed E-state index contributed by atoms with van der Waals surface area (Å²) in [6, 6.07) is 8.46. The molecule has 3 nitrogen and oxygen atoms in total. The van der Waals surface area contributed by atoms with Gasteiger partial charge >= 0.3 is 0 Å². The Kier molecular flexibility index (Phi) is 3.41. The van der Waals surface area contributed by atoms with Crippen LogP contribution in [-0.2, 0) is 0 Å². The minimum atomic E-state index is 0.292. The number of nitrogens with one attached hydrogen (secondary N) is 1. The van der Waals surface area contributed by atoms with Crippen molar-refractivity contribution in [3.8, 4) is 0 Å². The van der Waals surface area contributed by atoms with E-state index in [4.69, 9.17) is 5.73 Å². The van der Waals surface area contributed by atoms with Gasteiger partial charge in [-0.15, -0.1) is 0 Å². The van der Waals surface area contributed by atoms with E-state index >= 15 is 0 Å². The van der Waals surface area contributed by atoms with E-state index in [0.717, 1.165) is 10.6 Å². The molecule has 0 aliphatic carbocycles. The lowest BCUT2D eigenvalue weighted by Crippen LogP contribution is -2.33. The van der Waals surface area contributed by atoms with Crippen LogP contribution in [0.15, 0.2) is 24.3 Å². The maximum atomic E-state index is 5.73. The predicted octanol–water partition coefficient (Wildman–Crippen LogP) is 2.69. The van der Waals surface area contributed by atoms with Gasteiger partial charge in [-0.3, -0.25) is 0 Å². The van der Waals surface area contributed by atoms with Crippen molar-refractivity contribution >= 4 is 26.7 Å². The fraction of sp³-hybridized carbons (Fsp3) is 0.417. The molecule has 0 bridgehead atoms. The summed E-state index contributed by atoms with van der Waals surface area (Å²) in [6.07, 6.45) is 0. The molecule has 0 amide bonds. The first-order valence-electron chi connectivity index (χ1n) is 5.53. The highest BCUT2D eigenvalue weighted by molar-refractivity contribution is 7.22. The third kappa shape index (κ3) is 2.33. The van der Waals surface area contributed by atoms with E-state index in [9.17, 15) is 0 Å². The lowest BCUT2D eigenvalue weighted by molar-refractivity contribution is 0.531. The van der Waals surface area contributed by atoms with Gasteiger partial charge in [-0.1, -0.05) is 37.3 Å². The maximum absolute atomic E-state index is 5.73. The molecule has 2 rings (SSSR count). The molecule has 3 N–H and O–H groups in total. The van der Waals surface area contributed by atoms with Crippen molar-refractivity contribution in [2.45, 2.75) is 19.9 Å². The average molecular weight is 235 g/mol. The number of para-hydroxylation sites is 1. The predicted molar refractivity (Wildman–Crippen MR) is 70.9 cm³/mol. The van der Waals surface area contributed by atoms with Crippen LogP contribution < -0.4 is 11.1 Å². The lowest BCUT2D eigenvalue weighted by Gasteiger charge is -2.19.